The van der Waals surface area contributed by atoms with Crippen molar-refractivity contribution in [2.24, 2.45) is 11.5 Å². The normalized spacial score (nSPS) is 15.6. The molecule has 0 radical (unpaired) electrons. The van der Waals surface area contributed by atoms with Crippen molar-refractivity contribution in [2.45, 2.75) is 12.3 Å². The van der Waals surface area contributed by atoms with Gasteiger partial charge in [-0.1, -0.05) is 0 Å². The Labute approximate surface area is 76.5 Å². The molecule has 0 aliphatic rings. The molecule has 6 heteroatoms. The lowest BCUT2D eigenvalue weighted by Crippen LogP contribution is -2.39. The average molecular weight is 196 g/mol. The van der Waals surface area contributed by atoms with Gasteiger partial charge < -0.3 is 10.5 Å². The number of hydrogen-bond donors (Lipinski definition) is 4. The molecular formula is C5H12N2O2S2. The lowest BCUT2D eigenvalue weighted by atomic mass is 10.4. The Kier molecular flexibility index (Phi) is 5.75. The molecule has 11 heavy (non-hydrogen) atoms. The molecule has 0 saturated carbocycles. The Hall–Kier alpha value is 0.0900. The van der Waals surface area contributed by atoms with E-state index in [-0.39, 0.29) is 11.5 Å². The van der Waals surface area contributed by atoms with Crippen LogP contribution in [0.25, 0.3) is 0 Å². The number of carbonyl (C=O) groups excluding carboxylic acids is 1. The summed E-state index contributed by atoms with van der Waals surface area (Å²) in [4.78, 5) is 10.8. The first-order chi connectivity index (χ1) is 5.11. The highest BCUT2D eigenvalue weighted by Crippen LogP contribution is 1.92. The Morgan fingerprint density at radius 1 is 1.36 bits per heavy atom. The molecule has 66 valence electrons. The van der Waals surface area contributed by atoms with Crippen molar-refractivity contribution < 1.29 is 9.53 Å². The minimum Gasteiger partial charge on any atom is -0.445 e. The van der Waals surface area contributed by atoms with Crippen LogP contribution in [0.1, 0.15) is 0 Å². The third-order valence-corrected chi connectivity index (χ3v) is 1.70. The van der Waals surface area contributed by atoms with Crippen LogP contribution in [0.5, 0.6) is 0 Å². The van der Waals surface area contributed by atoms with Crippen LogP contribution < -0.4 is 11.5 Å². The van der Waals surface area contributed by atoms with E-state index >= 15 is 0 Å². The summed E-state index contributed by atoms with van der Waals surface area (Å²) in [7, 11) is 0. The lowest BCUT2D eigenvalue weighted by Gasteiger charge is -2.12. The van der Waals surface area contributed by atoms with Crippen LogP contribution in [0.15, 0.2) is 0 Å². The molecule has 0 heterocycles. The van der Waals surface area contributed by atoms with Crippen LogP contribution in [-0.4, -0.2) is 29.7 Å². The molecule has 0 aliphatic heterocycles. The molecule has 0 spiro atoms. The van der Waals surface area contributed by atoms with Crippen molar-refractivity contribution in [3.8, 4) is 0 Å². The molecular weight excluding hydrogens is 184 g/mol. The summed E-state index contributed by atoms with van der Waals surface area (Å²) in [5.41, 5.74) is 10.6. The van der Waals surface area contributed by atoms with E-state index in [1.807, 2.05) is 0 Å². The van der Waals surface area contributed by atoms with Crippen LogP contribution in [-0.2, 0) is 9.53 Å². The summed E-state index contributed by atoms with van der Waals surface area (Å²) >= 11 is 7.65. The van der Waals surface area contributed by atoms with Gasteiger partial charge in [-0.25, -0.2) is 0 Å². The van der Waals surface area contributed by atoms with Crippen LogP contribution in [0, 0.1) is 0 Å². The first-order valence-electron chi connectivity index (χ1n) is 3.05. The zero-order valence-electron chi connectivity index (χ0n) is 5.93. The van der Waals surface area contributed by atoms with Crippen LogP contribution >= 0.6 is 25.3 Å². The molecule has 0 saturated heterocycles. The number of carbonyl (C=O) groups is 1. The smallest absolute Gasteiger partial charge is 0.325 e. The van der Waals surface area contributed by atoms with Gasteiger partial charge in [0, 0.05) is 11.5 Å². The topological polar surface area (TPSA) is 78.3 Å². The van der Waals surface area contributed by atoms with Crippen molar-refractivity contribution in [2.75, 3.05) is 11.5 Å². The van der Waals surface area contributed by atoms with Crippen LogP contribution in [0.2, 0.25) is 0 Å². The van der Waals surface area contributed by atoms with E-state index < -0.39 is 18.2 Å². The molecule has 1 unspecified atom stereocenters. The fourth-order valence-corrected chi connectivity index (χ4v) is 0.572. The second-order valence-corrected chi connectivity index (χ2v) is 2.68. The minimum absolute atomic E-state index is 0.248. The summed E-state index contributed by atoms with van der Waals surface area (Å²) < 4.78 is 4.64. The Morgan fingerprint density at radius 3 is 2.27 bits per heavy atom. The maximum Gasteiger partial charge on any atom is 0.325 e. The molecule has 0 aromatic heterocycles. The van der Waals surface area contributed by atoms with Gasteiger partial charge in [0.1, 0.15) is 6.04 Å². The van der Waals surface area contributed by atoms with Gasteiger partial charge >= 0.3 is 5.97 Å². The zero-order chi connectivity index (χ0) is 8.85. The maximum atomic E-state index is 10.8. The highest BCUT2D eigenvalue weighted by Gasteiger charge is 2.15. The van der Waals surface area contributed by atoms with Gasteiger partial charge in [-0.05, 0) is 0 Å². The monoisotopic (exact) mass is 196 g/mol. The van der Waals surface area contributed by atoms with Crippen molar-refractivity contribution in [1.82, 2.24) is 0 Å². The average Bonchev–Trinajstić information content (AvgIpc) is 2.02. The molecule has 2 atom stereocenters. The van der Waals surface area contributed by atoms with E-state index in [2.05, 4.69) is 30.0 Å². The molecule has 0 rings (SSSR count). The highest BCUT2D eigenvalue weighted by molar-refractivity contribution is 7.80. The summed E-state index contributed by atoms with van der Waals surface area (Å²) in [5, 5.41) is 0. The third-order valence-electron chi connectivity index (χ3n) is 0.947. The highest BCUT2D eigenvalue weighted by atomic mass is 32.1. The number of nitrogens with two attached hydrogens (primary N) is 2. The predicted octanol–water partition coefficient (Wildman–Crippen LogP) is -0.999. The summed E-state index contributed by atoms with van der Waals surface area (Å²) in [6.45, 7) is 0. The van der Waals surface area contributed by atoms with Crippen LogP contribution in [0.4, 0.5) is 0 Å². The fraction of sp³-hybridized carbons (Fsp3) is 0.800. The van der Waals surface area contributed by atoms with E-state index in [0.29, 0.717) is 0 Å². The Balaban J connectivity index is 3.68. The number of esters is 1. The Bertz CT molecular complexity index is 134. The number of thiol groups is 2. The minimum atomic E-state index is -0.704. The van der Waals surface area contributed by atoms with Crippen molar-refractivity contribution >= 4 is 31.2 Å². The van der Waals surface area contributed by atoms with E-state index in [1.165, 1.54) is 0 Å². The Morgan fingerprint density at radius 2 is 1.91 bits per heavy atom. The van der Waals surface area contributed by atoms with Gasteiger partial charge in [-0.2, -0.15) is 25.3 Å². The number of rotatable bonds is 4. The molecule has 4 nitrogen and oxygen atoms in total. The molecule has 0 amide bonds. The van der Waals surface area contributed by atoms with Gasteiger partial charge in [0.15, 0.2) is 6.23 Å². The first kappa shape index (κ1) is 11.1. The second-order valence-electron chi connectivity index (χ2n) is 1.95. The molecule has 0 bridgehead atoms. The van der Waals surface area contributed by atoms with Crippen LogP contribution in [0.3, 0.4) is 0 Å². The largest absolute Gasteiger partial charge is 0.445 e. The maximum absolute atomic E-state index is 10.8. The molecule has 0 fully saturated rings. The van der Waals surface area contributed by atoms with E-state index in [9.17, 15) is 4.79 Å². The summed E-state index contributed by atoms with van der Waals surface area (Å²) in [6, 6.07) is -0.704. The standard InChI is InChI=1S/C5H12N2O2S2/c6-3(1-10)5(8)9-4(7)2-11/h3-4,10-11H,1-2,6-7H2/t3-,4?/m0/s1. The van der Waals surface area contributed by atoms with Crippen molar-refractivity contribution in [3.05, 3.63) is 0 Å². The SMILES string of the molecule is NC(CS)OC(=O)[C@@H](N)CS. The third kappa shape index (κ3) is 4.52. The molecule has 0 aromatic rings. The van der Waals surface area contributed by atoms with Crippen molar-refractivity contribution in [3.63, 3.8) is 0 Å². The second kappa shape index (κ2) is 5.70. The lowest BCUT2D eigenvalue weighted by molar-refractivity contribution is -0.148. The summed E-state index contributed by atoms with van der Waals surface area (Å²) in [5.74, 6) is -0.00932. The van der Waals surface area contributed by atoms with Crippen molar-refractivity contribution in [1.29, 1.82) is 0 Å². The molecule has 0 aromatic carbocycles. The summed E-state index contributed by atoms with van der Waals surface area (Å²) in [6.07, 6.45) is -0.684. The zero-order valence-corrected chi connectivity index (χ0v) is 7.72. The van der Waals surface area contributed by atoms with E-state index in [4.69, 9.17) is 11.5 Å². The predicted molar refractivity (Wildman–Crippen MR) is 49.7 cm³/mol. The van der Waals surface area contributed by atoms with Gasteiger partial charge in [0.25, 0.3) is 0 Å². The first-order valence-corrected chi connectivity index (χ1v) is 4.31. The van der Waals surface area contributed by atoms with Gasteiger partial charge in [0.05, 0.1) is 0 Å². The number of hydrogen-bond acceptors (Lipinski definition) is 6. The molecule has 0 aliphatic carbocycles. The van der Waals surface area contributed by atoms with Gasteiger partial charge in [-0.15, -0.1) is 0 Å². The fourth-order valence-electron chi connectivity index (χ4n) is 0.348. The van der Waals surface area contributed by atoms with Gasteiger partial charge in [-0.3, -0.25) is 10.5 Å². The van der Waals surface area contributed by atoms with E-state index in [0.717, 1.165) is 0 Å². The van der Waals surface area contributed by atoms with Gasteiger partial charge in [0.2, 0.25) is 0 Å². The van der Waals surface area contributed by atoms with E-state index in [1.54, 1.807) is 0 Å². The molecule has 4 N–H and O–H groups in total. The quantitative estimate of drug-likeness (QED) is 0.264. The number of ether oxygens (including phenoxy) is 1.